The monoisotopic (exact) mass is 271 g/mol. The molecule has 1 aromatic heterocycles. The summed E-state index contributed by atoms with van der Waals surface area (Å²) in [7, 11) is 1.29. The number of rotatable bonds is 1. The molecule has 0 bridgehead atoms. The number of halogens is 1. The molecule has 0 aliphatic heterocycles. The summed E-state index contributed by atoms with van der Waals surface area (Å²) in [5.41, 5.74) is 0.461. The molecule has 0 saturated heterocycles. The second-order valence-electron chi connectivity index (χ2n) is 4.40. The first-order chi connectivity index (χ1) is 9.60. The molecular weight excluding hydrogens is 261 g/mol. The highest BCUT2D eigenvalue weighted by atomic mass is 19.1. The van der Waals surface area contributed by atoms with Crippen molar-refractivity contribution in [1.82, 2.24) is 4.98 Å². The van der Waals surface area contributed by atoms with E-state index in [1.54, 1.807) is 24.3 Å². The Bertz CT molecular complexity index is 899. The minimum absolute atomic E-state index is 0.281. The topological polar surface area (TPSA) is 59.2 Å². The van der Waals surface area contributed by atoms with Crippen LogP contribution < -0.4 is 5.56 Å². The van der Waals surface area contributed by atoms with Crippen molar-refractivity contribution in [1.29, 1.82) is 0 Å². The van der Waals surface area contributed by atoms with Gasteiger partial charge in [-0.25, -0.2) is 9.18 Å². The van der Waals surface area contributed by atoms with E-state index < -0.39 is 17.3 Å². The van der Waals surface area contributed by atoms with Crippen LogP contribution in [0.25, 0.3) is 21.7 Å². The molecule has 1 heterocycles. The van der Waals surface area contributed by atoms with Crippen molar-refractivity contribution in [2.75, 3.05) is 7.11 Å². The Morgan fingerprint density at radius 1 is 1.10 bits per heavy atom. The van der Waals surface area contributed by atoms with E-state index in [1.807, 2.05) is 0 Å². The number of fused-ring (bicyclic) bond motifs is 3. The third-order valence-corrected chi connectivity index (χ3v) is 3.21. The Hall–Kier alpha value is -2.69. The summed E-state index contributed by atoms with van der Waals surface area (Å²) >= 11 is 0. The van der Waals surface area contributed by atoms with E-state index in [9.17, 15) is 14.0 Å². The molecule has 100 valence electrons. The Labute approximate surface area is 112 Å². The van der Waals surface area contributed by atoms with Gasteiger partial charge in [-0.05, 0) is 29.7 Å². The van der Waals surface area contributed by atoms with Gasteiger partial charge in [0.25, 0.3) is 5.56 Å². The van der Waals surface area contributed by atoms with Crippen molar-refractivity contribution in [3.05, 3.63) is 58.1 Å². The van der Waals surface area contributed by atoms with Gasteiger partial charge in [0.2, 0.25) is 0 Å². The Morgan fingerprint density at radius 3 is 2.60 bits per heavy atom. The van der Waals surface area contributed by atoms with Crippen molar-refractivity contribution in [3.63, 3.8) is 0 Å². The summed E-state index contributed by atoms with van der Waals surface area (Å²) in [6, 6.07) is 8.91. The van der Waals surface area contributed by atoms with E-state index in [0.717, 1.165) is 5.39 Å². The Balaban J connectivity index is 2.39. The number of hydrogen-bond acceptors (Lipinski definition) is 3. The molecule has 0 fully saturated rings. The van der Waals surface area contributed by atoms with Gasteiger partial charge in [0, 0.05) is 10.9 Å². The summed E-state index contributed by atoms with van der Waals surface area (Å²) in [5.74, 6) is -0.944. The number of methoxy groups -OCH3 is 1. The first kappa shape index (κ1) is 12.3. The second kappa shape index (κ2) is 4.45. The molecule has 0 spiro atoms. The molecule has 0 saturated carbocycles. The lowest BCUT2D eigenvalue weighted by atomic mass is 10.0. The number of hydrogen-bond donors (Lipinski definition) is 1. The number of benzene rings is 2. The van der Waals surface area contributed by atoms with E-state index in [-0.39, 0.29) is 5.39 Å². The average molecular weight is 271 g/mol. The van der Waals surface area contributed by atoms with Crippen LogP contribution in [0.2, 0.25) is 0 Å². The maximum Gasteiger partial charge on any atom is 0.337 e. The maximum absolute atomic E-state index is 13.2. The van der Waals surface area contributed by atoms with Gasteiger partial charge in [-0.3, -0.25) is 4.79 Å². The minimum Gasteiger partial charge on any atom is -0.465 e. The Kier molecular flexibility index (Phi) is 2.75. The fourth-order valence-electron chi connectivity index (χ4n) is 2.26. The van der Waals surface area contributed by atoms with E-state index in [0.29, 0.717) is 16.5 Å². The van der Waals surface area contributed by atoms with Crippen LogP contribution in [0.3, 0.4) is 0 Å². The lowest BCUT2D eigenvalue weighted by molar-refractivity contribution is 0.0601. The molecule has 1 N–H and O–H groups in total. The number of nitrogens with one attached hydrogen (secondary N) is 1. The molecule has 0 aliphatic rings. The van der Waals surface area contributed by atoms with Crippen molar-refractivity contribution in [2.24, 2.45) is 0 Å². The van der Waals surface area contributed by atoms with Crippen molar-refractivity contribution < 1.29 is 13.9 Å². The predicted molar refractivity (Wildman–Crippen MR) is 73.4 cm³/mol. The van der Waals surface area contributed by atoms with Gasteiger partial charge in [-0.1, -0.05) is 12.1 Å². The number of carbonyl (C=O) groups is 1. The zero-order valence-electron chi connectivity index (χ0n) is 10.6. The van der Waals surface area contributed by atoms with Crippen molar-refractivity contribution in [3.8, 4) is 0 Å². The smallest absolute Gasteiger partial charge is 0.337 e. The quantitative estimate of drug-likeness (QED) is 0.546. The van der Waals surface area contributed by atoms with E-state index in [1.165, 1.54) is 19.2 Å². The number of carbonyl (C=O) groups excluding carboxylic acids is 1. The molecule has 0 atom stereocenters. The van der Waals surface area contributed by atoms with Gasteiger partial charge in [-0.15, -0.1) is 0 Å². The molecular formula is C15H10FNO3. The van der Waals surface area contributed by atoms with Gasteiger partial charge >= 0.3 is 5.97 Å². The summed E-state index contributed by atoms with van der Waals surface area (Å²) in [5, 5.41) is 1.66. The molecule has 20 heavy (non-hydrogen) atoms. The van der Waals surface area contributed by atoms with Crippen LogP contribution in [0.5, 0.6) is 0 Å². The lowest BCUT2D eigenvalue weighted by Gasteiger charge is -2.05. The maximum atomic E-state index is 13.2. The van der Waals surface area contributed by atoms with Gasteiger partial charge in [0.15, 0.2) is 0 Å². The van der Waals surface area contributed by atoms with Gasteiger partial charge in [-0.2, -0.15) is 0 Å². The molecule has 4 nitrogen and oxygen atoms in total. The van der Waals surface area contributed by atoms with Crippen molar-refractivity contribution in [2.45, 2.75) is 0 Å². The van der Waals surface area contributed by atoms with Crippen LogP contribution in [0.1, 0.15) is 10.4 Å². The van der Waals surface area contributed by atoms with E-state index in [2.05, 4.69) is 9.72 Å². The number of H-pyrrole nitrogens is 1. The molecule has 3 aromatic rings. The van der Waals surface area contributed by atoms with E-state index in [4.69, 9.17) is 0 Å². The number of pyridine rings is 1. The fourth-order valence-corrected chi connectivity index (χ4v) is 2.26. The molecule has 5 heteroatoms. The lowest BCUT2D eigenvalue weighted by Crippen LogP contribution is -2.08. The third-order valence-electron chi connectivity index (χ3n) is 3.21. The zero-order valence-corrected chi connectivity index (χ0v) is 10.6. The number of ether oxygens (including phenoxy) is 1. The summed E-state index contributed by atoms with van der Waals surface area (Å²) in [4.78, 5) is 26.1. The highest BCUT2D eigenvalue weighted by molar-refractivity contribution is 6.07. The molecule has 0 amide bonds. The van der Waals surface area contributed by atoms with Crippen LogP contribution in [-0.2, 0) is 4.74 Å². The van der Waals surface area contributed by atoms with Gasteiger partial charge in [0.05, 0.1) is 18.1 Å². The summed E-state index contributed by atoms with van der Waals surface area (Å²) < 4.78 is 17.9. The second-order valence-corrected chi connectivity index (χ2v) is 4.40. The summed E-state index contributed by atoms with van der Waals surface area (Å²) in [6.07, 6.45) is 0. The predicted octanol–water partition coefficient (Wildman–Crippen LogP) is 2.61. The van der Waals surface area contributed by atoms with E-state index >= 15 is 0 Å². The standard InChI is InChI=1S/C15H10FNO3/c1-20-15(19)8-2-4-11-10-5-3-9(16)7-12(10)14(18)17-13(11)6-8/h2-7H,1H3,(H,17,18). The first-order valence-electron chi connectivity index (χ1n) is 5.94. The fraction of sp³-hybridized carbons (Fsp3) is 0.0667. The van der Waals surface area contributed by atoms with Crippen LogP contribution in [0.4, 0.5) is 4.39 Å². The Morgan fingerprint density at radius 2 is 1.85 bits per heavy atom. The normalized spacial score (nSPS) is 10.9. The van der Waals surface area contributed by atoms with Crippen LogP contribution in [-0.4, -0.2) is 18.1 Å². The van der Waals surface area contributed by atoms with Gasteiger partial charge in [0.1, 0.15) is 5.82 Å². The number of aromatic amines is 1. The minimum atomic E-state index is -0.480. The molecule has 0 radical (unpaired) electrons. The SMILES string of the molecule is COC(=O)c1ccc2c(c1)[nH]c(=O)c1cc(F)ccc12. The third kappa shape index (κ3) is 1.84. The number of esters is 1. The van der Waals surface area contributed by atoms with Crippen LogP contribution in [0.15, 0.2) is 41.2 Å². The molecule has 0 aliphatic carbocycles. The number of aromatic nitrogens is 1. The van der Waals surface area contributed by atoms with Gasteiger partial charge < -0.3 is 9.72 Å². The van der Waals surface area contributed by atoms with Crippen LogP contribution >= 0.6 is 0 Å². The largest absolute Gasteiger partial charge is 0.465 e. The zero-order chi connectivity index (χ0) is 14.3. The molecule has 3 rings (SSSR count). The van der Waals surface area contributed by atoms with Crippen molar-refractivity contribution >= 4 is 27.6 Å². The van der Waals surface area contributed by atoms with Crippen LogP contribution in [0, 0.1) is 5.82 Å². The summed E-state index contributed by atoms with van der Waals surface area (Å²) in [6.45, 7) is 0. The highest BCUT2D eigenvalue weighted by Gasteiger charge is 2.10. The highest BCUT2D eigenvalue weighted by Crippen LogP contribution is 2.23. The molecule has 2 aromatic carbocycles. The first-order valence-corrected chi connectivity index (χ1v) is 5.94. The molecule has 0 unspecified atom stereocenters. The average Bonchev–Trinajstić information content (AvgIpc) is 2.46.